The maximum atomic E-state index is 12.0. The largest absolute Gasteiger partial charge is 0.465 e. The molecule has 0 aliphatic carbocycles. The van der Waals surface area contributed by atoms with Crippen LogP contribution in [0.1, 0.15) is 23.2 Å². The highest BCUT2D eigenvalue weighted by Gasteiger charge is 2.23. The van der Waals surface area contributed by atoms with Gasteiger partial charge in [0.1, 0.15) is 0 Å². The number of sulfonamides is 1. The van der Waals surface area contributed by atoms with Gasteiger partial charge in [-0.15, -0.1) is 0 Å². The minimum Gasteiger partial charge on any atom is -0.465 e. The van der Waals surface area contributed by atoms with E-state index in [2.05, 4.69) is 9.46 Å². The molecular formula is C13H17NO5S. The van der Waals surface area contributed by atoms with Crippen LogP contribution in [-0.2, 0) is 19.5 Å². The fourth-order valence-corrected chi connectivity index (χ4v) is 3.39. The Labute approximate surface area is 118 Å². The molecule has 0 aromatic heterocycles. The van der Waals surface area contributed by atoms with Gasteiger partial charge in [0.2, 0.25) is 10.0 Å². The number of methoxy groups -OCH3 is 1. The molecule has 1 aromatic carbocycles. The Morgan fingerprint density at radius 1 is 1.50 bits per heavy atom. The van der Waals surface area contributed by atoms with E-state index in [9.17, 15) is 13.2 Å². The number of rotatable bonds is 5. The second-order valence-corrected chi connectivity index (χ2v) is 6.36. The van der Waals surface area contributed by atoms with Crippen LogP contribution in [-0.4, -0.2) is 40.0 Å². The molecule has 0 spiro atoms. The topological polar surface area (TPSA) is 81.7 Å². The Bertz CT molecular complexity index is 578. The van der Waals surface area contributed by atoms with Gasteiger partial charge in [-0.1, -0.05) is 6.07 Å². The van der Waals surface area contributed by atoms with E-state index in [1.54, 1.807) is 18.2 Å². The van der Waals surface area contributed by atoms with E-state index in [-0.39, 0.29) is 11.9 Å². The van der Waals surface area contributed by atoms with Crippen molar-refractivity contribution in [2.75, 3.05) is 24.2 Å². The standard InChI is InChI=1S/C13H17NO5S/c1-18-13(15)10-4-2-5-11(8-10)14-20(16,17)9-12-6-3-7-19-12/h2,4-5,8,12,14H,3,6-7,9H2,1H3. The van der Waals surface area contributed by atoms with Gasteiger partial charge in [0.05, 0.1) is 24.5 Å². The van der Waals surface area contributed by atoms with E-state index < -0.39 is 16.0 Å². The summed E-state index contributed by atoms with van der Waals surface area (Å²) in [6.07, 6.45) is 1.39. The van der Waals surface area contributed by atoms with E-state index in [1.165, 1.54) is 13.2 Å². The summed E-state index contributed by atoms with van der Waals surface area (Å²) in [5.74, 6) is -0.583. The quantitative estimate of drug-likeness (QED) is 0.831. The van der Waals surface area contributed by atoms with Crippen molar-refractivity contribution in [1.29, 1.82) is 0 Å². The van der Waals surface area contributed by atoms with E-state index in [1.807, 2.05) is 0 Å². The summed E-state index contributed by atoms with van der Waals surface area (Å²) < 4.78 is 36.4. The zero-order chi connectivity index (χ0) is 14.6. The zero-order valence-electron chi connectivity index (χ0n) is 11.2. The van der Waals surface area contributed by atoms with Crippen LogP contribution in [0.15, 0.2) is 24.3 Å². The Kier molecular flexibility index (Phi) is 4.61. The van der Waals surface area contributed by atoms with Crippen LogP contribution in [0.3, 0.4) is 0 Å². The summed E-state index contributed by atoms with van der Waals surface area (Å²) in [7, 11) is -2.22. The molecule has 1 aliphatic rings. The average Bonchev–Trinajstić information content (AvgIpc) is 2.89. The second-order valence-electron chi connectivity index (χ2n) is 4.59. The second kappa shape index (κ2) is 6.23. The van der Waals surface area contributed by atoms with Gasteiger partial charge < -0.3 is 9.47 Å². The van der Waals surface area contributed by atoms with Gasteiger partial charge in [0.25, 0.3) is 0 Å². The fourth-order valence-electron chi connectivity index (χ4n) is 2.07. The number of benzene rings is 1. The third kappa shape index (κ3) is 3.94. The number of nitrogens with one attached hydrogen (secondary N) is 1. The maximum Gasteiger partial charge on any atom is 0.337 e. The van der Waals surface area contributed by atoms with Crippen molar-refractivity contribution in [3.63, 3.8) is 0 Å². The molecule has 2 rings (SSSR count). The van der Waals surface area contributed by atoms with Gasteiger partial charge >= 0.3 is 5.97 Å². The number of hydrogen-bond acceptors (Lipinski definition) is 5. The summed E-state index contributed by atoms with van der Waals surface area (Å²) in [4.78, 5) is 11.4. The lowest BCUT2D eigenvalue weighted by Crippen LogP contribution is -2.25. The van der Waals surface area contributed by atoms with Crippen molar-refractivity contribution in [3.05, 3.63) is 29.8 Å². The molecule has 1 saturated heterocycles. The highest BCUT2D eigenvalue weighted by Crippen LogP contribution is 2.17. The average molecular weight is 299 g/mol. The summed E-state index contributed by atoms with van der Waals surface area (Å²) in [5.41, 5.74) is 0.635. The molecule has 0 saturated carbocycles. The lowest BCUT2D eigenvalue weighted by atomic mass is 10.2. The SMILES string of the molecule is COC(=O)c1cccc(NS(=O)(=O)CC2CCCO2)c1. The molecule has 1 aromatic rings. The summed E-state index contributed by atoms with van der Waals surface area (Å²) >= 11 is 0. The molecule has 1 aliphatic heterocycles. The number of carbonyl (C=O) groups excluding carboxylic acids is 1. The van der Waals surface area contributed by atoms with E-state index >= 15 is 0 Å². The first-order chi connectivity index (χ1) is 9.50. The van der Waals surface area contributed by atoms with Gasteiger partial charge in [-0.2, -0.15) is 0 Å². The molecule has 6 nitrogen and oxygen atoms in total. The predicted octanol–water partition coefficient (Wildman–Crippen LogP) is 1.39. The number of hydrogen-bond donors (Lipinski definition) is 1. The number of esters is 1. The van der Waals surface area contributed by atoms with Crippen molar-refractivity contribution in [2.45, 2.75) is 18.9 Å². The van der Waals surface area contributed by atoms with Crippen LogP contribution < -0.4 is 4.72 Å². The Morgan fingerprint density at radius 2 is 2.30 bits per heavy atom. The molecule has 7 heteroatoms. The van der Waals surface area contributed by atoms with Crippen LogP contribution in [0.5, 0.6) is 0 Å². The molecule has 1 unspecified atom stereocenters. The van der Waals surface area contributed by atoms with Gasteiger partial charge in [0.15, 0.2) is 0 Å². The molecule has 0 bridgehead atoms. The van der Waals surface area contributed by atoms with Crippen LogP contribution in [0.25, 0.3) is 0 Å². The third-order valence-corrected chi connectivity index (χ3v) is 4.34. The Morgan fingerprint density at radius 3 is 2.95 bits per heavy atom. The van der Waals surface area contributed by atoms with Crippen LogP contribution in [0.2, 0.25) is 0 Å². The molecule has 1 fully saturated rings. The first kappa shape index (κ1) is 14.8. The zero-order valence-corrected chi connectivity index (χ0v) is 12.0. The highest BCUT2D eigenvalue weighted by atomic mass is 32.2. The van der Waals surface area contributed by atoms with Crippen molar-refractivity contribution in [2.24, 2.45) is 0 Å². The monoisotopic (exact) mass is 299 g/mol. The van der Waals surface area contributed by atoms with Gasteiger partial charge in [-0.05, 0) is 31.0 Å². The van der Waals surface area contributed by atoms with E-state index in [0.29, 0.717) is 17.9 Å². The van der Waals surface area contributed by atoms with Gasteiger partial charge in [0, 0.05) is 12.3 Å². The lowest BCUT2D eigenvalue weighted by Gasteiger charge is -2.12. The van der Waals surface area contributed by atoms with Crippen molar-refractivity contribution >= 4 is 21.7 Å². The smallest absolute Gasteiger partial charge is 0.337 e. The van der Waals surface area contributed by atoms with Crippen LogP contribution in [0, 0.1) is 0 Å². The number of carbonyl (C=O) groups is 1. The Hall–Kier alpha value is -1.60. The van der Waals surface area contributed by atoms with Crippen LogP contribution in [0.4, 0.5) is 5.69 Å². The third-order valence-electron chi connectivity index (χ3n) is 2.99. The number of ether oxygens (including phenoxy) is 2. The lowest BCUT2D eigenvalue weighted by molar-refractivity contribution is 0.0600. The fraction of sp³-hybridized carbons (Fsp3) is 0.462. The van der Waals surface area contributed by atoms with Crippen molar-refractivity contribution in [3.8, 4) is 0 Å². The van der Waals surface area contributed by atoms with Gasteiger partial charge in [-0.25, -0.2) is 13.2 Å². The first-order valence-corrected chi connectivity index (χ1v) is 7.96. The molecule has 0 amide bonds. The minimum absolute atomic E-state index is 0.0740. The molecular weight excluding hydrogens is 282 g/mol. The van der Waals surface area contributed by atoms with E-state index in [0.717, 1.165) is 12.8 Å². The highest BCUT2D eigenvalue weighted by molar-refractivity contribution is 7.92. The molecule has 20 heavy (non-hydrogen) atoms. The summed E-state index contributed by atoms with van der Waals surface area (Å²) in [5, 5.41) is 0. The number of anilines is 1. The minimum atomic E-state index is -3.49. The normalized spacial score (nSPS) is 18.8. The van der Waals surface area contributed by atoms with Crippen LogP contribution >= 0.6 is 0 Å². The molecule has 1 atom stereocenters. The van der Waals surface area contributed by atoms with Crippen molar-refractivity contribution in [1.82, 2.24) is 0 Å². The van der Waals surface area contributed by atoms with E-state index in [4.69, 9.17) is 4.74 Å². The molecule has 110 valence electrons. The summed E-state index contributed by atoms with van der Waals surface area (Å²) in [6, 6.07) is 6.18. The summed E-state index contributed by atoms with van der Waals surface area (Å²) in [6.45, 7) is 0.609. The Balaban J connectivity index is 2.06. The maximum absolute atomic E-state index is 12.0. The van der Waals surface area contributed by atoms with Gasteiger partial charge in [-0.3, -0.25) is 4.72 Å². The van der Waals surface area contributed by atoms with Crippen molar-refractivity contribution < 1.29 is 22.7 Å². The molecule has 0 radical (unpaired) electrons. The predicted molar refractivity (Wildman–Crippen MR) is 74.2 cm³/mol. The molecule has 1 N–H and O–H groups in total. The first-order valence-electron chi connectivity index (χ1n) is 6.30. The molecule has 1 heterocycles.